The fourth-order valence-electron chi connectivity index (χ4n) is 1.54. The van der Waals surface area contributed by atoms with Crippen LogP contribution in [0.1, 0.15) is 18.2 Å². The molecular formula is C13H13NO2. The van der Waals surface area contributed by atoms with Crippen molar-refractivity contribution in [2.75, 3.05) is 0 Å². The van der Waals surface area contributed by atoms with E-state index in [0.717, 1.165) is 11.3 Å². The molecule has 1 aromatic carbocycles. The van der Waals surface area contributed by atoms with Crippen molar-refractivity contribution in [3.63, 3.8) is 0 Å². The predicted molar refractivity (Wildman–Crippen MR) is 62.9 cm³/mol. The first-order valence-electron chi connectivity index (χ1n) is 5.06. The van der Waals surface area contributed by atoms with Gasteiger partial charge in [-0.15, -0.1) is 0 Å². The van der Waals surface area contributed by atoms with Gasteiger partial charge in [0, 0.05) is 5.56 Å². The van der Waals surface area contributed by atoms with Crippen LogP contribution in [0.25, 0.3) is 11.3 Å². The smallest absolute Gasteiger partial charge is 0.152 e. The van der Waals surface area contributed by atoms with Gasteiger partial charge in [0.2, 0.25) is 0 Å². The highest BCUT2D eigenvalue weighted by Gasteiger charge is 2.07. The van der Waals surface area contributed by atoms with Gasteiger partial charge in [0.1, 0.15) is 11.5 Å². The lowest BCUT2D eigenvalue weighted by Crippen LogP contribution is -1.89. The maximum Gasteiger partial charge on any atom is 0.152 e. The van der Waals surface area contributed by atoms with Gasteiger partial charge in [-0.05, 0) is 32.0 Å². The maximum absolute atomic E-state index is 8.64. The van der Waals surface area contributed by atoms with Gasteiger partial charge in [-0.2, -0.15) is 0 Å². The molecule has 0 saturated heterocycles. The van der Waals surface area contributed by atoms with Crippen molar-refractivity contribution in [2.45, 2.75) is 13.8 Å². The van der Waals surface area contributed by atoms with E-state index in [-0.39, 0.29) is 0 Å². The Morgan fingerprint density at radius 3 is 2.75 bits per heavy atom. The third kappa shape index (κ3) is 1.98. The number of oxime groups is 1. The Bertz CT molecular complexity index is 526. The Hall–Kier alpha value is -2.03. The molecule has 0 radical (unpaired) electrons. The number of furan rings is 1. The van der Waals surface area contributed by atoms with E-state index in [1.165, 1.54) is 5.56 Å². The average Bonchev–Trinajstić information content (AvgIpc) is 2.77. The highest BCUT2D eigenvalue weighted by atomic mass is 16.4. The first-order valence-corrected chi connectivity index (χ1v) is 5.06. The van der Waals surface area contributed by atoms with Gasteiger partial charge < -0.3 is 9.62 Å². The van der Waals surface area contributed by atoms with Gasteiger partial charge in [0.15, 0.2) is 5.76 Å². The Morgan fingerprint density at radius 2 is 2.06 bits per heavy atom. The van der Waals surface area contributed by atoms with E-state index in [1.807, 2.05) is 37.3 Å². The molecule has 1 heterocycles. The molecule has 0 saturated carbocycles. The lowest BCUT2D eigenvalue weighted by atomic mass is 10.1. The second-order valence-corrected chi connectivity index (χ2v) is 3.72. The van der Waals surface area contributed by atoms with Crippen molar-refractivity contribution >= 4 is 5.71 Å². The number of aryl methyl sites for hydroxylation is 1. The molecule has 0 aliphatic carbocycles. The summed E-state index contributed by atoms with van der Waals surface area (Å²) in [7, 11) is 0. The second kappa shape index (κ2) is 4.23. The number of nitrogens with zero attached hydrogens (tertiary/aromatic N) is 1. The largest absolute Gasteiger partial charge is 0.455 e. The normalized spacial score (nSPS) is 11.8. The summed E-state index contributed by atoms with van der Waals surface area (Å²) in [6.45, 7) is 3.73. The van der Waals surface area contributed by atoms with Crippen LogP contribution in [0.5, 0.6) is 0 Å². The van der Waals surface area contributed by atoms with E-state index in [4.69, 9.17) is 9.62 Å². The van der Waals surface area contributed by atoms with E-state index in [1.54, 1.807) is 13.0 Å². The molecule has 2 rings (SSSR count). The third-order valence-electron chi connectivity index (χ3n) is 2.42. The van der Waals surface area contributed by atoms with Crippen molar-refractivity contribution in [1.82, 2.24) is 0 Å². The Kier molecular flexibility index (Phi) is 2.77. The lowest BCUT2D eigenvalue weighted by molar-refractivity contribution is 0.317. The number of hydrogen-bond donors (Lipinski definition) is 1. The minimum Gasteiger partial charge on any atom is -0.455 e. The van der Waals surface area contributed by atoms with Crippen molar-refractivity contribution in [3.05, 3.63) is 47.7 Å². The van der Waals surface area contributed by atoms with Crippen LogP contribution in [0.2, 0.25) is 0 Å². The van der Waals surface area contributed by atoms with E-state index >= 15 is 0 Å². The van der Waals surface area contributed by atoms with Crippen LogP contribution < -0.4 is 0 Å². The minimum atomic E-state index is 0.471. The summed E-state index contributed by atoms with van der Waals surface area (Å²) < 4.78 is 5.59. The van der Waals surface area contributed by atoms with Crippen molar-refractivity contribution in [1.29, 1.82) is 0 Å². The topological polar surface area (TPSA) is 45.7 Å². The van der Waals surface area contributed by atoms with Crippen LogP contribution in [0.4, 0.5) is 0 Å². The summed E-state index contributed by atoms with van der Waals surface area (Å²) in [5, 5.41) is 11.7. The van der Waals surface area contributed by atoms with Crippen LogP contribution in [0, 0.1) is 6.92 Å². The molecule has 0 aliphatic heterocycles. The molecule has 0 atom stereocenters. The summed E-state index contributed by atoms with van der Waals surface area (Å²) in [6, 6.07) is 11.7. The predicted octanol–water partition coefficient (Wildman–Crippen LogP) is 3.45. The Balaban J connectivity index is 2.39. The quantitative estimate of drug-likeness (QED) is 0.473. The van der Waals surface area contributed by atoms with Crippen LogP contribution >= 0.6 is 0 Å². The van der Waals surface area contributed by atoms with Crippen LogP contribution in [0.15, 0.2) is 46.0 Å². The van der Waals surface area contributed by atoms with Gasteiger partial charge in [-0.3, -0.25) is 0 Å². The molecule has 1 N–H and O–H groups in total. The molecular weight excluding hydrogens is 202 g/mol. The first-order chi connectivity index (χ1) is 7.70. The fourth-order valence-corrected chi connectivity index (χ4v) is 1.54. The molecule has 0 bridgehead atoms. The molecule has 16 heavy (non-hydrogen) atoms. The van der Waals surface area contributed by atoms with Crippen molar-refractivity contribution in [3.8, 4) is 11.3 Å². The van der Waals surface area contributed by atoms with Crippen LogP contribution in [-0.4, -0.2) is 10.9 Å². The van der Waals surface area contributed by atoms with E-state index in [2.05, 4.69) is 5.16 Å². The van der Waals surface area contributed by atoms with Crippen LogP contribution in [-0.2, 0) is 0 Å². The standard InChI is InChI=1S/C13H13NO2/c1-9-4-3-5-11(8-9)13-7-6-12(16-13)10(2)14-15/h3-8,15H,1-2H3/b14-10+. The molecule has 82 valence electrons. The molecule has 0 aliphatic rings. The van der Waals surface area contributed by atoms with E-state index in [0.29, 0.717) is 11.5 Å². The first kappa shape index (κ1) is 10.5. The van der Waals surface area contributed by atoms with E-state index < -0.39 is 0 Å². The fraction of sp³-hybridized carbons (Fsp3) is 0.154. The van der Waals surface area contributed by atoms with Crippen molar-refractivity contribution in [2.24, 2.45) is 5.16 Å². The lowest BCUT2D eigenvalue weighted by Gasteiger charge is -1.98. The second-order valence-electron chi connectivity index (χ2n) is 3.72. The third-order valence-corrected chi connectivity index (χ3v) is 2.42. The highest BCUT2D eigenvalue weighted by molar-refractivity contribution is 5.96. The van der Waals surface area contributed by atoms with Gasteiger partial charge in [-0.25, -0.2) is 0 Å². The summed E-state index contributed by atoms with van der Waals surface area (Å²) >= 11 is 0. The average molecular weight is 215 g/mol. The van der Waals surface area contributed by atoms with Crippen molar-refractivity contribution < 1.29 is 9.62 Å². The molecule has 0 amide bonds. The zero-order valence-electron chi connectivity index (χ0n) is 9.27. The van der Waals surface area contributed by atoms with E-state index in [9.17, 15) is 0 Å². The summed E-state index contributed by atoms with van der Waals surface area (Å²) in [4.78, 5) is 0. The Morgan fingerprint density at radius 1 is 1.25 bits per heavy atom. The highest BCUT2D eigenvalue weighted by Crippen LogP contribution is 2.23. The molecule has 0 unspecified atom stereocenters. The SMILES string of the molecule is C/C(=N\O)c1ccc(-c2cccc(C)c2)o1. The zero-order valence-corrected chi connectivity index (χ0v) is 9.27. The van der Waals surface area contributed by atoms with Gasteiger partial charge >= 0.3 is 0 Å². The summed E-state index contributed by atoms with van der Waals surface area (Å²) in [6.07, 6.45) is 0. The monoisotopic (exact) mass is 215 g/mol. The molecule has 3 heteroatoms. The van der Waals surface area contributed by atoms with Gasteiger partial charge in [-0.1, -0.05) is 28.9 Å². The molecule has 1 aromatic heterocycles. The molecule has 0 spiro atoms. The summed E-state index contributed by atoms with van der Waals surface area (Å²) in [5.74, 6) is 1.36. The van der Waals surface area contributed by atoms with Crippen LogP contribution in [0.3, 0.4) is 0 Å². The minimum absolute atomic E-state index is 0.471. The molecule has 0 fully saturated rings. The number of rotatable bonds is 2. The summed E-state index contributed by atoms with van der Waals surface area (Å²) in [5.41, 5.74) is 2.68. The maximum atomic E-state index is 8.64. The Labute approximate surface area is 94.0 Å². The van der Waals surface area contributed by atoms with Gasteiger partial charge in [0.05, 0.1) is 0 Å². The number of benzene rings is 1. The van der Waals surface area contributed by atoms with Gasteiger partial charge in [0.25, 0.3) is 0 Å². The zero-order chi connectivity index (χ0) is 11.5. The molecule has 2 aromatic rings. The number of hydrogen-bond acceptors (Lipinski definition) is 3. The molecule has 3 nitrogen and oxygen atoms in total.